The lowest BCUT2D eigenvalue weighted by molar-refractivity contribution is -0.173. The average molecular weight is 292 g/mol. The van der Waals surface area contributed by atoms with Gasteiger partial charge in [0.2, 0.25) is 0 Å². The Kier molecular flexibility index (Phi) is 6.59. The molecule has 0 aliphatic carbocycles. The molecule has 5 heteroatoms. The number of rotatable bonds is 8. The van der Waals surface area contributed by atoms with Gasteiger partial charge in [-0.3, -0.25) is 9.59 Å². The first-order chi connectivity index (χ1) is 10.1. The smallest absolute Gasteiger partial charge is 0.324 e. The molecule has 0 fully saturated rings. The van der Waals surface area contributed by atoms with Crippen LogP contribution in [0.25, 0.3) is 0 Å². The molecule has 1 aromatic rings. The van der Waals surface area contributed by atoms with Crippen LogP contribution in [0.1, 0.15) is 25.8 Å². The van der Waals surface area contributed by atoms with Crippen LogP contribution >= 0.6 is 0 Å². The van der Waals surface area contributed by atoms with Gasteiger partial charge in [-0.25, -0.2) is 0 Å². The van der Waals surface area contributed by atoms with Crippen LogP contribution in [0.4, 0.5) is 0 Å². The largest absolute Gasteiger partial charge is 0.465 e. The zero-order valence-corrected chi connectivity index (χ0v) is 12.3. The number of carbonyl (C=O) groups is 3. The van der Waals surface area contributed by atoms with Gasteiger partial charge in [-0.1, -0.05) is 30.3 Å². The van der Waals surface area contributed by atoms with Crippen LogP contribution in [0.15, 0.2) is 30.3 Å². The summed E-state index contributed by atoms with van der Waals surface area (Å²) in [5, 5.41) is 0. The third-order valence-electron chi connectivity index (χ3n) is 3.11. The van der Waals surface area contributed by atoms with Crippen LogP contribution < -0.4 is 0 Å². The molecule has 0 heterocycles. The Hall–Kier alpha value is -2.17. The lowest BCUT2D eigenvalue weighted by Crippen LogP contribution is -2.44. The lowest BCUT2D eigenvalue weighted by Gasteiger charge is -2.27. The fourth-order valence-corrected chi connectivity index (χ4v) is 2.09. The second kappa shape index (κ2) is 8.19. The van der Waals surface area contributed by atoms with E-state index in [9.17, 15) is 14.4 Å². The predicted octanol–water partition coefficient (Wildman–Crippen LogP) is 1.93. The number of ether oxygens (including phenoxy) is 2. The summed E-state index contributed by atoms with van der Waals surface area (Å²) in [5.74, 6) is -1.45. The van der Waals surface area contributed by atoms with Crippen molar-refractivity contribution in [3.05, 3.63) is 35.9 Å². The molecule has 0 aliphatic heterocycles. The summed E-state index contributed by atoms with van der Waals surface area (Å²) in [5.41, 5.74) is -0.852. The molecule has 0 spiro atoms. The molecule has 5 nitrogen and oxygen atoms in total. The van der Waals surface area contributed by atoms with Crippen LogP contribution in [0.5, 0.6) is 0 Å². The molecule has 21 heavy (non-hydrogen) atoms. The van der Waals surface area contributed by atoms with Crippen molar-refractivity contribution in [3.8, 4) is 0 Å². The Balaban J connectivity index is 3.18. The first kappa shape index (κ1) is 16.9. The van der Waals surface area contributed by atoms with Gasteiger partial charge >= 0.3 is 11.9 Å². The van der Waals surface area contributed by atoms with E-state index in [1.165, 1.54) is 0 Å². The second-order valence-electron chi connectivity index (χ2n) is 4.56. The van der Waals surface area contributed by atoms with Gasteiger partial charge in [0.25, 0.3) is 0 Å². The highest BCUT2D eigenvalue weighted by atomic mass is 16.6. The Morgan fingerprint density at radius 3 is 2.00 bits per heavy atom. The zero-order chi connectivity index (χ0) is 15.7. The molecule has 0 aromatic heterocycles. The fraction of sp³-hybridized carbons (Fsp3) is 0.438. The monoisotopic (exact) mass is 292 g/mol. The molecule has 0 bridgehead atoms. The molecule has 0 N–H and O–H groups in total. The van der Waals surface area contributed by atoms with Crippen molar-refractivity contribution in [1.82, 2.24) is 0 Å². The molecule has 114 valence electrons. The molecule has 0 saturated heterocycles. The van der Waals surface area contributed by atoms with E-state index in [4.69, 9.17) is 9.47 Å². The molecule has 0 amide bonds. The summed E-state index contributed by atoms with van der Waals surface area (Å²) in [4.78, 5) is 35.6. The van der Waals surface area contributed by atoms with Gasteiger partial charge in [0, 0.05) is 6.42 Å². The van der Waals surface area contributed by atoms with Crippen molar-refractivity contribution in [2.75, 3.05) is 13.2 Å². The van der Waals surface area contributed by atoms with Crippen LogP contribution in [0, 0.1) is 5.41 Å². The molecule has 0 unspecified atom stereocenters. The average Bonchev–Trinajstić information content (AvgIpc) is 2.48. The van der Waals surface area contributed by atoms with E-state index >= 15 is 0 Å². The molecule has 1 aromatic carbocycles. The lowest BCUT2D eigenvalue weighted by atomic mass is 9.79. The number of benzene rings is 1. The maximum atomic E-state index is 12.3. The first-order valence-corrected chi connectivity index (χ1v) is 6.92. The minimum Gasteiger partial charge on any atom is -0.465 e. The van der Waals surface area contributed by atoms with Crippen molar-refractivity contribution in [1.29, 1.82) is 0 Å². The van der Waals surface area contributed by atoms with E-state index in [2.05, 4.69) is 0 Å². The van der Waals surface area contributed by atoms with Gasteiger partial charge in [-0.15, -0.1) is 0 Å². The topological polar surface area (TPSA) is 69.7 Å². The highest BCUT2D eigenvalue weighted by molar-refractivity contribution is 6.02. The Bertz CT molecular complexity index is 463. The summed E-state index contributed by atoms with van der Waals surface area (Å²) in [6.45, 7) is 3.57. The number of hydrogen-bond donors (Lipinski definition) is 0. The summed E-state index contributed by atoms with van der Waals surface area (Å²) < 4.78 is 10.0. The summed E-state index contributed by atoms with van der Waals surface area (Å²) in [6, 6.07) is 9.02. The Morgan fingerprint density at radius 1 is 1.05 bits per heavy atom. The first-order valence-electron chi connectivity index (χ1n) is 6.92. The molecule has 0 atom stereocenters. The van der Waals surface area contributed by atoms with Crippen molar-refractivity contribution >= 4 is 18.2 Å². The SMILES string of the molecule is CCOC(=O)C(CC=O)(Cc1ccccc1)C(=O)OCC. The van der Waals surface area contributed by atoms with Gasteiger partial charge < -0.3 is 14.3 Å². The van der Waals surface area contributed by atoms with E-state index < -0.39 is 17.4 Å². The molecule has 0 saturated carbocycles. The third kappa shape index (κ3) is 4.15. The maximum absolute atomic E-state index is 12.3. The van der Waals surface area contributed by atoms with Gasteiger partial charge in [0.05, 0.1) is 13.2 Å². The third-order valence-corrected chi connectivity index (χ3v) is 3.11. The van der Waals surface area contributed by atoms with Crippen LogP contribution in [0.2, 0.25) is 0 Å². The van der Waals surface area contributed by atoms with Crippen LogP contribution in [-0.2, 0) is 30.3 Å². The van der Waals surface area contributed by atoms with Gasteiger partial charge in [0.1, 0.15) is 6.29 Å². The van der Waals surface area contributed by atoms with Crippen LogP contribution in [-0.4, -0.2) is 31.4 Å². The molecular weight excluding hydrogens is 272 g/mol. The minimum absolute atomic E-state index is 0.0737. The molecule has 1 rings (SSSR count). The highest BCUT2D eigenvalue weighted by Gasteiger charge is 2.48. The highest BCUT2D eigenvalue weighted by Crippen LogP contribution is 2.30. The van der Waals surface area contributed by atoms with Crippen molar-refractivity contribution < 1.29 is 23.9 Å². The summed E-state index contributed by atoms with van der Waals surface area (Å²) >= 11 is 0. The van der Waals surface area contributed by atoms with E-state index in [1.54, 1.807) is 38.1 Å². The van der Waals surface area contributed by atoms with Crippen molar-refractivity contribution in [3.63, 3.8) is 0 Å². The van der Waals surface area contributed by atoms with Gasteiger partial charge in [0.15, 0.2) is 5.41 Å². The predicted molar refractivity (Wildman–Crippen MR) is 76.5 cm³/mol. The Labute approximate surface area is 124 Å². The van der Waals surface area contributed by atoms with E-state index in [0.29, 0.717) is 6.29 Å². The number of esters is 2. The second-order valence-corrected chi connectivity index (χ2v) is 4.56. The fourth-order valence-electron chi connectivity index (χ4n) is 2.09. The van der Waals surface area contributed by atoms with E-state index in [-0.39, 0.29) is 26.1 Å². The minimum atomic E-state index is -1.62. The number of hydrogen-bond acceptors (Lipinski definition) is 5. The molecular formula is C16H20O5. The number of aldehydes is 1. The molecule has 0 radical (unpaired) electrons. The van der Waals surface area contributed by atoms with E-state index in [1.807, 2.05) is 6.07 Å². The number of carbonyl (C=O) groups excluding carboxylic acids is 3. The van der Waals surface area contributed by atoms with E-state index in [0.717, 1.165) is 5.56 Å². The standard InChI is InChI=1S/C16H20O5/c1-3-20-14(18)16(10-11-17,15(19)21-4-2)12-13-8-6-5-7-9-13/h5-9,11H,3-4,10,12H2,1-2H3. The summed E-state index contributed by atoms with van der Waals surface area (Å²) in [6.07, 6.45) is 0.362. The van der Waals surface area contributed by atoms with Crippen molar-refractivity contribution in [2.24, 2.45) is 5.41 Å². The van der Waals surface area contributed by atoms with Gasteiger partial charge in [-0.05, 0) is 25.8 Å². The Morgan fingerprint density at radius 2 is 1.57 bits per heavy atom. The maximum Gasteiger partial charge on any atom is 0.324 e. The quantitative estimate of drug-likeness (QED) is 0.416. The van der Waals surface area contributed by atoms with Crippen LogP contribution in [0.3, 0.4) is 0 Å². The summed E-state index contributed by atoms with van der Waals surface area (Å²) in [7, 11) is 0. The van der Waals surface area contributed by atoms with Crippen molar-refractivity contribution in [2.45, 2.75) is 26.7 Å². The van der Waals surface area contributed by atoms with Gasteiger partial charge in [-0.2, -0.15) is 0 Å². The molecule has 0 aliphatic rings. The normalized spacial score (nSPS) is 10.8. The zero-order valence-electron chi connectivity index (χ0n) is 12.3.